The Bertz CT molecular complexity index is 365. The highest BCUT2D eigenvalue weighted by atomic mass is 79.9. The predicted octanol–water partition coefficient (Wildman–Crippen LogP) is 1.31. The molecular formula is C7H6BrF2N3. The Morgan fingerprint density at radius 1 is 1.38 bits per heavy atom. The smallest absolute Gasteiger partial charge is 0.173 e. The van der Waals surface area contributed by atoms with Crippen molar-refractivity contribution < 1.29 is 8.78 Å². The van der Waals surface area contributed by atoms with Gasteiger partial charge in [-0.15, -0.1) is 0 Å². The van der Waals surface area contributed by atoms with Gasteiger partial charge in [0.2, 0.25) is 0 Å². The summed E-state index contributed by atoms with van der Waals surface area (Å²) in [6.07, 6.45) is 0. The number of amidine groups is 1. The molecule has 0 aromatic heterocycles. The van der Waals surface area contributed by atoms with Crippen molar-refractivity contribution in [1.29, 1.82) is 0 Å². The van der Waals surface area contributed by atoms with Crippen molar-refractivity contribution in [2.75, 3.05) is 0 Å². The zero-order valence-corrected chi connectivity index (χ0v) is 7.98. The third kappa shape index (κ3) is 1.77. The molecule has 0 aliphatic heterocycles. The largest absolute Gasteiger partial charge is 0.382 e. The molecule has 0 bridgehead atoms. The summed E-state index contributed by atoms with van der Waals surface area (Å²) in [6, 6.07) is 2.24. The summed E-state index contributed by atoms with van der Waals surface area (Å²) in [5.41, 5.74) is 5.54. The monoisotopic (exact) mass is 249 g/mol. The Kier molecular flexibility index (Phi) is 2.82. The molecule has 0 aliphatic rings. The number of rotatable bonds is 1. The normalized spacial score (nSPS) is 11.8. The van der Waals surface area contributed by atoms with Crippen LogP contribution in [0, 0.1) is 11.6 Å². The van der Waals surface area contributed by atoms with E-state index in [1.165, 1.54) is 6.07 Å². The van der Waals surface area contributed by atoms with Gasteiger partial charge in [-0.05, 0) is 28.1 Å². The highest BCUT2D eigenvalue weighted by molar-refractivity contribution is 9.10. The molecule has 0 aliphatic carbocycles. The molecule has 13 heavy (non-hydrogen) atoms. The van der Waals surface area contributed by atoms with Gasteiger partial charge in [0, 0.05) is 5.56 Å². The molecule has 0 heterocycles. The van der Waals surface area contributed by atoms with E-state index in [0.717, 1.165) is 6.07 Å². The van der Waals surface area contributed by atoms with Gasteiger partial charge < -0.3 is 11.6 Å². The molecule has 0 fully saturated rings. The Labute approximate surface area is 81.5 Å². The molecule has 4 N–H and O–H groups in total. The maximum absolute atomic E-state index is 12.9. The van der Waals surface area contributed by atoms with Gasteiger partial charge in [0.1, 0.15) is 0 Å². The minimum Gasteiger partial charge on any atom is -0.382 e. The summed E-state index contributed by atoms with van der Waals surface area (Å²) in [5, 5.41) is 3.17. The second kappa shape index (κ2) is 3.69. The van der Waals surface area contributed by atoms with Crippen molar-refractivity contribution in [2.24, 2.45) is 16.7 Å². The van der Waals surface area contributed by atoms with Crippen LogP contribution in [-0.2, 0) is 0 Å². The van der Waals surface area contributed by atoms with Crippen molar-refractivity contribution >= 4 is 21.8 Å². The Morgan fingerprint density at radius 3 is 2.54 bits per heavy atom. The summed E-state index contributed by atoms with van der Waals surface area (Å²) < 4.78 is 25.4. The summed E-state index contributed by atoms with van der Waals surface area (Å²) in [7, 11) is 0. The first kappa shape index (κ1) is 9.91. The molecule has 70 valence electrons. The fourth-order valence-corrected chi connectivity index (χ4v) is 1.32. The van der Waals surface area contributed by atoms with Crippen LogP contribution in [0.4, 0.5) is 8.78 Å². The number of hydrogen-bond acceptors (Lipinski definition) is 2. The minimum atomic E-state index is -1.01. The van der Waals surface area contributed by atoms with Gasteiger partial charge in [-0.3, -0.25) is 0 Å². The van der Waals surface area contributed by atoms with Gasteiger partial charge in [-0.2, -0.15) is 5.10 Å². The second-order valence-corrected chi connectivity index (χ2v) is 3.03. The first-order chi connectivity index (χ1) is 6.07. The van der Waals surface area contributed by atoms with Crippen LogP contribution in [0.2, 0.25) is 0 Å². The number of hydrazone groups is 1. The van der Waals surface area contributed by atoms with E-state index in [1.54, 1.807) is 0 Å². The highest BCUT2D eigenvalue weighted by Gasteiger charge is 2.12. The first-order valence-electron chi connectivity index (χ1n) is 3.25. The van der Waals surface area contributed by atoms with E-state index in [9.17, 15) is 8.78 Å². The van der Waals surface area contributed by atoms with E-state index in [2.05, 4.69) is 21.0 Å². The lowest BCUT2D eigenvalue weighted by atomic mass is 10.2. The van der Waals surface area contributed by atoms with E-state index < -0.39 is 11.6 Å². The molecule has 0 unspecified atom stereocenters. The van der Waals surface area contributed by atoms with Crippen molar-refractivity contribution in [1.82, 2.24) is 0 Å². The zero-order valence-electron chi connectivity index (χ0n) is 6.39. The van der Waals surface area contributed by atoms with Crippen LogP contribution in [0.15, 0.2) is 21.7 Å². The maximum Gasteiger partial charge on any atom is 0.173 e. The fraction of sp³-hybridized carbons (Fsp3) is 0. The molecule has 0 radical (unpaired) electrons. The van der Waals surface area contributed by atoms with E-state index >= 15 is 0 Å². The zero-order chi connectivity index (χ0) is 10.0. The van der Waals surface area contributed by atoms with Gasteiger partial charge in [-0.25, -0.2) is 8.78 Å². The maximum atomic E-state index is 12.9. The van der Waals surface area contributed by atoms with E-state index in [-0.39, 0.29) is 15.9 Å². The van der Waals surface area contributed by atoms with E-state index in [1.807, 2.05) is 0 Å². The predicted molar refractivity (Wildman–Crippen MR) is 49.0 cm³/mol. The second-order valence-electron chi connectivity index (χ2n) is 2.24. The SMILES string of the molecule is N/N=C(/N)c1ccc(F)c(F)c1Br. The van der Waals surface area contributed by atoms with Crippen LogP contribution < -0.4 is 11.6 Å². The molecular weight excluding hydrogens is 244 g/mol. The van der Waals surface area contributed by atoms with Crippen LogP contribution in [0.3, 0.4) is 0 Å². The quantitative estimate of drug-likeness (QED) is 0.259. The molecule has 0 amide bonds. The lowest BCUT2D eigenvalue weighted by Gasteiger charge is -2.03. The number of nitrogens with zero attached hydrogens (tertiary/aromatic N) is 1. The average Bonchev–Trinajstić information content (AvgIpc) is 2.13. The molecule has 0 atom stereocenters. The van der Waals surface area contributed by atoms with Crippen molar-refractivity contribution in [3.63, 3.8) is 0 Å². The van der Waals surface area contributed by atoms with Gasteiger partial charge in [0.25, 0.3) is 0 Å². The number of halogens is 3. The number of nitrogens with two attached hydrogens (primary N) is 2. The molecule has 0 spiro atoms. The van der Waals surface area contributed by atoms with Crippen molar-refractivity contribution in [2.45, 2.75) is 0 Å². The highest BCUT2D eigenvalue weighted by Crippen LogP contribution is 2.22. The Balaban J connectivity index is 3.34. The standard InChI is InChI=1S/C7H6BrF2N3/c8-5-3(7(11)13-12)1-2-4(9)6(5)10/h1-2H,12H2,(H2,11,13). The first-order valence-corrected chi connectivity index (χ1v) is 4.04. The Hall–Kier alpha value is -1.17. The average molecular weight is 250 g/mol. The summed E-state index contributed by atoms with van der Waals surface area (Å²) in [4.78, 5) is 0. The van der Waals surface area contributed by atoms with Crippen LogP contribution in [-0.4, -0.2) is 5.84 Å². The number of benzene rings is 1. The van der Waals surface area contributed by atoms with Crippen LogP contribution in [0.25, 0.3) is 0 Å². The number of hydrogen-bond donors (Lipinski definition) is 2. The van der Waals surface area contributed by atoms with Crippen molar-refractivity contribution in [3.8, 4) is 0 Å². The van der Waals surface area contributed by atoms with E-state index in [4.69, 9.17) is 11.6 Å². The lowest BCUT2D eigenvalue weighted by Crippen LogP contribution is -2.16. The summed E-state index contributed by atoms with van der Waals surface area (Å²) in [6.45, 7) is 0. The van der Waals surface area contributed by atoms with Gasteiger partial charge >= 0.3 is 0 Å². The van der Waals surface area contributed by atoms with Crippen LogP contribution in [0.1, 0.15) is 5.56 Å². The molecule has 0 saturated carbocycles. The third-order valence-electron chi connectivity index (χ3n) is 1.45. The van der Waals surface area contributed by atoms with Gasteiger partial charge in [-0.1, -0.05) is 0 Å². The molecule has 6 heteroatoms. The van der Waals surface area contributed by atoms with Gasteiger partial charge in [0.05, 0.1) is 4.47 Å². The molecule has 1 aromatic rings. The topological polar surface area (TPSA) is 64.4 Å². The molecule has 3 nitrogen and oxygen atoms in total. The van der Waals surface area contributed by atoms with Gasteiger partial charge in [0.15, 0.2) is 17.5 Å². The third-order valence-corrected chi connectivity index (χ3v) is 2.23. The summed E-state index contributed by atoms with van der Waals surface area (Å²) >= 11 is 2.84. The minimum absolute atomic E-state index is 0.0641. The summed E-state index contributed by atoms with van der Waals surface area (Å²) in [5.74, 6) is 2.85. The van der Waals surface area contributed by atoms with E-state index in [0.29, 0.717) is 0 Å². The molecule has 1 aromatic carbocycles. The Morgan fingerprint density at radius 2 is 2.00 bits per heavy atom. The van der Waals surface area contributed by atoms with Crippen LogP contribution in [0.5, 0.6) is 0 Å². The van der Waals surface area contributed by atoms with Crippen LogP contribution >= 0.6 is 15.9 Å². The fourth-order valence-electron chi connectivity index (χ4n) is 0.793. The molecule has 1 rings (SSSR count). The van der Waals surface area contributed by atoms with Crippen molar-refractivity contribution in [3.05, 3.63) is 33.8 Å². The molecule has 0 saturated heterocycles. The lowest BCUT2D eigenvalue weighted by molar-refractivity contribution is 0.504.